The fraction of sp³-hybridized carbons (Fsp3) is 0.478. The van der Waals surface area contributed by atoms with E-state index in [1.807, 2.05) is 36.6 Å². The molecule has 0 saturated carbocycles. The molecule has 1 aliphatic rings. The molecule has 3 rings (SSSR count). The molecule has 29 heavy (non-hydrogen) atoms. The summed E-state index contributed by atoms with van der Waals surface area (Å²) in [5, 5.41) is 3.00. The number of hydrogen-bond donors (Lipinski definition) is 1. The molecule has 6 nitrogen and oxygen atoms in total. The molecule has 0 aliphatic carbocycles. The van der Waals surface area contributed by atoms with Gasteiger partial charge in [0.2, 0.25) is 11.3 Å². The van der Waals surface area contributed by atoms with Crippen LogP contribution in [0.1, 0.15) is 36.6 Å². The van der Waals surface area contributed by atoms with Crippen LogP contribution in [0.15, 0.2) is 35.3 Å². The summed E-state index contributed by atoms with van der Waals surface area (Å²) in [6.07, 6.45) is 3.97. The molecule has 0 spiro atoms. The highest BCUT2D eigenvalue weighted by Crippen LogP contribution is 2.20. The van der Waals surface area contributed by atoms with Gasteiger partial charge in [0.25, 0.3) is 0 Å². The Bertz CT molecular complexity index is 927. The highest BCUT2D eigenvalue weighted by molar-refractivity contribution is 5.91. The monoisotopic (exact) mass is 397 g/mol. The van der Waals surface area contributed by atoms with Gasteiger partial charge in [0.15, 0.2) is 5.75 Å². The first kappa shape index (κ1) is 21.1. The summed E-state index contributed by atoms with van der Waals surface area (Å²) >= 11 is 0. The maximum absolute atomic E-state index is 12.8. The Labute approximate surface area is 172 Å². The predicted molar refractivity (Wildman–Crippen MR) is 115 cm³/mol. The molecule has 6 heteroatoms. The van der Waals surface area contributed by atoms with Crippen LogP contribution in [0.4, 0.5) is 5.69 Å². The van der Waals surface area contributed by atoms with Gasteiger partial charge in [-0.2, -0.15) is 0 Å². The van der Waals surface area contributed by atoms with Crippen molar-refractivity contribution in [2.75, 3.05) is 25.5 Å². The number of likely N-dealkylation sites (tertiary alicyclic amines) is 1. The number of nitrogens with zero attached hydrogens (tertiary/aromatic N) is 2. The van der Waals surface area contributed by atoms with E-state index in [1.165, 1.54) is 7.11 Å². The van der Waals surface area contributed by atoms with Gasteiger partial charge in [-0.3, -0.25) is 14.5 Å². The second-order valence-electron chi connectivity index (χ2n) is 8.08. The number of carbonyl (C=O) groups excluding carboxylic acids is 1. The van der Waals surface area contributed by atoms with E-state index in [9.17, 15) is 9.59 Å². The van der Waals surface area contributed by atoms with Crippen molar-refractivity contribution in [3.05, 3.63) is 57.5 Å². The van der Waals surface area contributed by atoms with Gasteiger partial charge < -0.3 is 14.6 Å². The Morgan fingerprint density at radius 3 is 2.66 bits per heavy atom. The lowest BCUT2D eigenvalue weighted by Gasteiger charge is -2.31. The topological polar surface area (TPSA) is 63.6 Å². The van der Waals surface area contributed by atoms with Crippen molar-refractivity contribution in [1.82, 2.24) is 9.47 Å². The van der Waals surface area contributed by atoms with Gasteiger partial charge in [0.05, 0.1) is 13.3 Å². The minimum atomic E-state index is -0.154. The molecular weight excluding hydrogens is 366 g/mol. The number of piperidine rings is 1. The quantitative estimate of drug-likeness (QED) is 0.812. The van der Waals surface area contributed by atoms with Gasteiger partial charge in [0.1, 0.15) is 6.54 Å². The molecular formula is C23H31N3O3. The number of amides is 1. The Morgan fingerprint density at radius 1 is 1.24 bits per heavy atom. The first-order chi connectivity index (χ1) is 13.9. The van der Waals surface area contributed by atoms with Crippen LogP contribution in [-0.4, -0.2) is 35.6 Å². The summed E-state index contributed by atoms with van der Waals surface area (Å²) in [4.78, 5) is 27.4. The number of carbonyl (C=O) groups is 1. The third kappa shape index (κ3) is 5.26. The Morgan fingerprint density at radius 2 is 1.97 bits per heavy atom. The third-order valence-corrected chi connectivity index (χ3v) is 5.86. The Hall–Kier alpha value is -2.60. The van der Waals surface area contributed by atoms with Crippen LogP contribution in [0.25, 0.3) is 0 Å². The zero-order valence-corrected chi connectivity index (χ0v) is 17.8. The molecule has 1 aromatic heterocycles. The summed E-state index contributed by atoms with van der Waals surface area (Å²) in [6.45, 7) is 9.10. The Balaban J connectivity index is 1.79. The minimum Gasteiger partial charge on any atom is -0.491 e. The van der Waals surface area contributed by atoms with Gasteiger partial charge in [-0.15, -0.1) is 0 Å². The fourth-order valence-corrected chi connectivity index (χ4v) is 3.71. The van der Waals surface area contributed by atoms with Gasteiger partial charge in [-0.25, -0.2) is 0 Å². The van der Waals surface area contributed by atoms with Crippen LogP contribution in [0, 0.1) is 19.8 Å². The van der Waals surface area contributed by atoms with Crippen LogP contribution in [0.2, 0.25) is 0 Å². The molecule has 1 N–H and O–H groups in total. The molecule has 1 saturated heterocycles. The normalized spacial score (nSPS) is 15.3. The number of ether oxygens (including phenoxy) is 1. The van der Waals surface area contributed by atoms with Crippen molar-refractivity contribution in [2.45, 2.75) is 46.7 Å². The SMILES string of the molecule is COc1cn(CC(=O)Nc2cccc(C)c2C)c(CN2CCC(C)CC2)cc1=O. The van der Waals surface area contributed by atoms with Crippen LogP contribution >= 0.6 is 0 Å². The van der Waals surface area contributed by atoms with Crippen molar-refractivity contribution in [1.29, 1.82) is 0 Å². The number of benzene rings is 1. The van der Waals surface area contributed by atoms with Crippen LogP contribution < -0.4 is 15.5 Å². The number of aryl methyl sites for hydroxylation is 1. The van der Waals surface area contributed by atoms with E-state index in [0.717, 1.165) is 54.4 Å². The van der Waals surface area contributed by atoms with Gasteiger partial charge in [-0.1, -0.05) is 19.1 Å². The molecule has 1 fully saturated rings. The maximum Gasteiger partial charge on any atom is 0.244 e. The smallest absolute Gasteiger partial charge is 0.244 e. The minimum absolute atomic E-state index is 0.127. The first-order valence-electron chi connectivity index (χ1n) is 10.2. The van der Waals surface area contributed by atoms with Gasteiger partial charge in [-0.05, 0) is 62.9 Å². The second kappa shape index (κ2) is 9.27. The van der Waals surface area contributed by atoms with Crippen molar-refractivity contribution < 1.29 is 9.53 Å². The lowest BCUT2D eigenvalue weighted by atomic mass is 9.99. The van der Waals surface area contributed by atoms with Crippen LogP contribution in [-0.2, 0) is 17.9 Å². The van der Waals surface area contributed by atoms with Crippen LogP contribution in [0.5, 0.6) is 5.75 Å². The average molecular weight is 398 g/mol. The molecule has 1 aromatic carbocycles. The van der Waals surface area contributed by atoms with E-state index in [-0.39, 0.29) is 23.6 Å². The van der Waals surface area contributed by atoms with Gasteiger partial charge >= 0.3 is 0 Å². The van der Waals surface area contributed by atoms with Crippen molar-refractivity contribution >= 4 is 11.6 Å². The van der Waals surface area contributed by atoms with E-state index >= 15 is 0 Å². The number of pyridine rings is 1. The van der Waals surface area contributed by atoms with Crippen molar-refractivity contribution in [2.24, 2.45) is 5.92 Å². The number of hydrogen-bond acceptors (Lipinski definition) is 4. The molecule has 156 valence electrons. The molecule has 2 heterocycles. The predicted octanol–water partition coefficient (Wildman–Crippen LogP) is 3.34. The summed E-state index contributed by atoms with van der Waals surface area (Å²) in [5.41, 5.74) is 3.68. The van der Waals surface area contributed by atoms with E-state index < -0.39 is 0 Å². The molecule has 1 aliphatic heterocycles. The number of methoxy groups -OCH3 is 1. The molecule has 0 radical (unpaired) electrons. The summed E-state index contributed by atoms with van der Waals surface area (Å²) < 4.78 is 7.03. The number of aromatic nitrogens is 1. The van der Waals surface area contributed by atoms with E-state index in [1.54, 1.807) is 12.3 Å². The highest BCUT2D eigenvalue weighted by Gasteiger charge is 2.18. The zero-order valence-electron chi connectivity index (χ0n) is 17.8. The summed E-state index contributed by atoms with van der Waals surface area (Å²) in [6, 6.07) is 7.46. The molecule has 1 amide bonds. The molecule has 0 bridgehead atoms. The number of anilines is 1. The fourth-order valence-electron chi connectivity index (χ4n) is 3.71. The van der Waals surface area contributed by atoms with Crippen molar-refractivity contribution in [3.63, 3.8) is 0 Å². The van der Waals surface area contributed by atoms with Crippen LogP contribution in [0.3, 0.4) is 0 Å². The number of rotatable bonds is 6. The highest BCUT2D eigenvalue weighted by atomic mass is 16.5. The lowest BCUT2D eigenvalue weighted by molar-refractivity contribution is -0.116. The largest absolute Gasteiger partial charge is 0.491 e. The van der Waals surface area contributed by atoms with E-state index in [2.05, 4.69) is 17.1 Å². The first-order valence-corrected chi connectivity index (χ1v) is 10.2. The number of nitrogens with one attached hydrogen (secondary N) is 1. The zero-order chi connectivity index (χ0) is 21.0. The average Bonchev–Trinajstić information content (AvgIpc) is 2.69. The molecule has 2 aromatic rings. The third-order valence-electron chi connectivity index (χ3n) is 5.86. The summed E-state index contributed by atoms with van der Waals surface area (Å²) in [7, 11) is 1.48. The summed E-state index contributed by atoms with van der Waals surface area (Å²) in [5.74, 6) is 0.867. The van der Waals surface area contributed by atoms with E-state index in [4.69, 9.17) is 4.74 Å². The van der Waals surface area contributed by atoms with E-state index in [0.29, 0.717) is 6.54 Å². The van der Waals surface area contributed by atoms with Gasteiger partial charge in [0, 0.05) is 24.0 Å². The Kier molecular flexibility index (Phi) is 6.75. The maximum atomic E-state index is 12.8. The standard InChI is InChI=1S/C23H31N3O3/c1-16-8-10-25(11-9-16)13-19-12-21(27)22(29-4)14-26(19)15-23(28)24-20-7-5-6-17(2)18(20)3/h5-7,12,14,16H,8-11,13,15H2,1-4H3,(H,24,28). The molecule has 0 unspecified atom stereocenters. The molecule has 0 atom stereocenters. The lowest BCUT2D eigenvalue weighted by Crippen LogP contribution is -2.34. The van der Waals surface area contributed by atoms with Crippen molar-refractivity contribution in [3.8, 4) is 5.75 Å². The second-order valence-corrected chi connectivity index (χ2v) is 8.08.